The molecular weight excluding hydrogens is 330 g/mol. The van der Waals surface area contributed by atoms with E-state index in [9.17, 15) is 4.79 Å². The zero-order valence-electron chi connectivity index (χ0n) is 13.5. The lowest BCUT2D eigenvalue weighted by Crippen LogP contribution is -2.32. The fourth-order valence-corrected chi connectivity index (χ4v) is 4.00. The minimum atomic E-state index is -0.335. The highest BCUT2D eigenvalue weighted by molar-refractivity contribution is 8.16. The van der Waals surface area contributed by atoms with Gasteiger partial charge in [-0.15, -0.1) is 0 Å². The number of hydrogen-bond donors (Lipinski definition) is 1. The number of primary amides is 1. The average Bonchev–Trinajstić information content (AvgIpc) is 3.05. The van der Waals surface area contributed by atoms with Crippen molar-refractivity contribution in [3.05, 3.63) is 89.0 Å². The molecule has 1 amide bonds. The second-order valence-electron chi connectivity index (χ2n) is 5.91. The van der Waals surface area contributed by atoms with E-state index < -0.39 is 0 Å². The molecule has 0 spiro atoms. The molecule has 1 atom stereocenters. The topological polar surface area (TPSA) is 58.7 Å². The summed E-state index contributed by atoms with van der Waals surface area (Å²) in [6, 6.07) is 20.4. The lowest BCUT2D eigenvalue weighted by molar-refractivity contribution is -0.117. The molecule has 4 nitrogen and oxygen atoms in total. The summed E-state index contributed by atoms with van der Waals surface area (Å²) in [6.45, 7) is 0. The van der Waals surface area contributed by atoms with Crippen LogP contribution in [0.2, 0.25) is 0 Å². The Morgan fingerprint density at radius 2 is 1.76 bits per heavy atom. The van der Waals surface area contributed by atoms with E-state index in [1.165, 1.54) is 11.8 Å². The highest BCUT2D eigenvalue weighted by Crippen LogP contribution is 2.42. The van der Waals surface area contributed by atoms with Gasteiger partial charge in [0.15, 0.2) is 5.17 Å². The molecule has 2 heterocycles. The van der Waals surface area contributed by atoms with Gasteiger partial charge in [0.2, 0.25) is 5.91 Å². The summed E-state index contributed by atoms with van der Waals surface area (Å²) in [5.41, 5.74) is 9.51. The van der Waals surface area contributed by atoms with Crippen LogP contribution in [0.3, 0.4) is 0 Å². The maximum atomic E-state index is 11.4. The molecule has 0 fully saturated rings. The average molecular weight is 347 g/mol. The zero-order chi connectivity index (χ0) is 17.2. The van der Waals surface area contributed by atoms with Gasteiger partial charge in [-0.05, 0) is 22.6 Å². The van der Waals surface area contributed by atoms with Crippen molar-refractivity contribution in [1.29, 1.82) is 0 Å². The highest BCUT2D eigenvalue weighted by Gasteiger charge is 2.33. The first kappa shape index (κ1) is 15.7. The summed E-state index contributed by atoms with van der Waals surface area (Å²) in [7, 11) is 0. The summed E-state index contributed by atoms with van der Waals surface area (Å²) >= 11 is 1.54. The second kappa shape index (κ2) is 6.61. The third kappa shape index (κ3) is 3.10. The van der Waals surface area contributed by atoms with Crippen molar-refractivity contribution in [2.75, 3.05) is 0 Å². The number of amides is 1. The van der Waals surface area contributed by atoms with Crippen LogP contribution in [0.15, 0.2) is 82.8 Å². The maximum Gasteiger partial charge on any atom is 0.223 e. The molecule has 0 aromatic heterocycles. The third-order valence-corrected chi connectivity index (χ3v) is 5.08. The van der Waals surface area contributed by atoms with E-state index in [0.29, 0.717) is 0 Å². The van der Waals surface area contributed by atoms with Gasteiger partial charge >= 0.3 is 0 Å². The largest absolute Gasteiger partial charge is 0.369 e. The molecule has 0 radical (unpaired) electrons. The lowest BCUT2D eigenvalue weighted by atomic mass is 10.00. The second-order valence-corrected chi connectivity index (χ2v) is 6.74. The number of benzene rings is 2. The van der Waals surface area contributed by atoms with E-state index in [0.717, 1.165) is 27.7 Å². The molecule has 5 heteroatoms. The predicted octanol–water partition coefficient (Wildman–Crippen LogP) is 3.90. The molecule has 25 heavy (non-hydrogen) atoms. The van der Waals surface area contributed by atoms with Gasteiger partial charge in [-0.1, -0.05) is 72.4 Å². The van der Waals surface area contributed by atoms with Crippen LogP contribution in [0.5, 0.6) is 0 Å². The van der Waals surface area contributed by atoms with Crippen LogP contribution in [-0.4, -0.2) is 16.0 Å². The number of carbonyl (C=O) groups is 1. The predicted molar refractivity (Wildman–Crippen MR) is 102 cm³/mol. The van der Waals surface area contributed by atoms with Crippen LogP contribution in [0.25, 0.3) is 5.70 Å². The van der Waals surface area contributed by atoms with Crippen LogP contribution in [0.4, 0.5) is 0 Å². The van der Waals surface area contributed by atoms with Gasteiger partial charge in [-0.3, -0.25) is 4.79 Å². The number of carbonyl (C=O) groups excluding carboxylic acids is 1. The van der Waals surface area contributed by atoms with Gasteiger partial charge in [0.05, 0.1) is 18.2 Å². The van der Waals surface area contributed by atoms with Crippen molar-refractivity contribution >= 4 is 28.5 Å². The molecule has 2 aromatic carbocycles. The summed E-state index contributed by atoms with van der Waals surface area (Å²) in [5.74, 6) is -0.335. The lowest BCUT2D eigenvalue weighted by Gasteiger charge is -2.33. The van der Waals surface area contributed by atoms with Crippen molar-refractivity contribution < 1.29 is 4.79 Å². The van der Waals surface area contributed by atoms with Gasteiger partial charge in [0.1, 0.15) is 0 Å². The molecule has 2 aromatic rings. The molecular formula is C20H17N3OS. The highest BCUT2D eigenvalue weighted by atomic mass is 32.2. The Balaban J connectivity index is 1.78. The quantitative estimate of drug-likeness (QED) is 0.912. The van der Waals surface area contributed by atoms with Crippen molar-refractivity contribution in [3.8, 4) is 0 Å². The number of amidine groups is 1. The number of nitrogens with zero attached hydrogens (tertiary/aromatic N) is 2. The fourth-order valence-electron chi connectivity index (χ4n) is 3.07. The summed E-state index contributed by atoms with van der Waals surface area (Å²) < 4.78 is 0. The summed E-state index contributed by atoms with van der Waals surface area (Å²) in [4.78, 5) is 18.4. The van der Waals surface area contributed by atoms with Crippen LogP contribution < -0.4 is 5.73 Å². The number of aliphatic imine (C=N–C) groups is 1. The van der Waals surface area contributed by atoms with E-state index in [2.05, 4.69) is 35.2 Å². The van der Waals surface area contributed by atoms with Gasteiger partial charge in [0, 0.05) is 5.70 Å². The van der Waals surface area contributed by atoms with Crippen molar-refractivity contribution in [3.63, 3.8) is 0 Å². The number of nitrogens with two attached hydrogens (primary N) is 1. The molecule has 1 unspecified atom stereocenters. The molecule has 2 aliphatic heterocycles. The number of rotatable bonds is 4. The normalized spacial score (nSPS) is 19.0. The van der Waals surface area contributed by atoms with Gasteiger partial charge in [-0.2, -0.15) is 0 Å². The molecule has 0 saturated carbocycles. The smallest absolute Gasteiger partial charge is 0.223 e. The molecule has 0 bridgehead atoms. The van der Waals surface area contributed by atoms with Crippen molar-refractivity contribution in [2.24, 2.45) is 10.7 Å². The van der Waals surface area contributed by atoms with E-state index >= 15 is 0 Å². The number of thioether (sulfide) groups is 1. The Kier molecular flexibility index (Phi) is 4.15. The molecule has 2 N–H and O–H groups in total. The van der Waals surface area contributed by atoms with Crippen LogP contribution in [-0.2, 0) is 4.79 Å². The molecule has 2 aliphatic rings. The van der Waals surface area contributed by atoms with E-state index in [4.69, 9.17) is 10.7 Å². The standard InChI is InChI=1S/C20H17N3OS/c21-19(24)11-16-13-25-20-22-17(14-7-3-1-4-8-14)12-18(23(16)20)15-9-5-2-6-10-15/h1-10,12-13,18H,11H2,(H2,21,24). The minimum Gasteiger partial charge on any atom is -0.369 e. The number of hydrogen-bond acceptors (Lipinski definition) is 4. The van der Waals surface area contributed by atoms with Crippen LogP contribution >= 0.6 is 11.8 Å². The van der Waals surface area contributed by atoms with E-state index in [-0.39, 0.29) is 18.4 Å². The first-order chi connectivity index (χ1) is 12.2. The van der Waals surface area contributed by atoms with E-state index in [1.807, 2.05) is 41.8 Å². The van der Waals surface area contributed by atoms with Crippen LogP contribution in [0.1, 0.15) is 23.6 Å². The van der Waals surface area contributed by atoms with Gasteiger partial charge < -0.3 is 10.6 Å². The monoisotopic (exact) mass is 347 g/mol. The summed E-state index contributed by atoms with van der Waals surface area (Å²) in [5, 5.41) is 2.85. The molecule has 4 rings (SSSR count). The Bertz CT molecular complexity index is 888. The summed E-state index contributed by atoms with van der Waals surface area (Å²) in [6.07, 6.45) is 2.36. The van der Waals surface area contributed by atoms with Crippen LogP contribution in [0, 0.1) is 0 Å². The molecule has 0 aliphatic carbocycles. The van der Waals surface area contributed by atoms with Crippen molar-refractivity contribution in [2.45, 2.75) is 12.5 Å². The number of fused-ring (bicyclic) bond motifs is 1. The fraction of sp³-hybridized carbons (Fsp3) is 0.100. The first-order valence-electron chi connectivity index (χ1n) is 8.06. The van der Waals surface area contributed by atoms with E-state index in [1.54, 1.807) is 0 Å². The Morgan fingerprint density at radius 3 is 2.44 bits per heavy atom. The maximum absolute atomic E-state index is 11.4. The SMILES string of the molecule is NC(=O)CC1=CSC2=NC(c3ccccc3)=CC(c3ccccc3)N12. The Labute approximate surface area is 150 Å². The van der Waals surface area contributed by atoms with Gasteiger partial charge in [0.25, 0.3) is 0 Å². The van der Waals surface area contributed by atoms with Crippen molar-refractivity contribution in [1.82, 2.24) is 4.90 Å². The molecule has 0 saturated heterocycles. The third-order valence-electron chi connectivity index (χ3n) is 4.19. The van der Waals surface area contributed by atoms with Gasteiger partial charge in [-0.25, -0.2) is 4.99 Å². The zero-order valence-corrected chi connectivity index (χ0v) is 14.3. The molecule has 124 valence electrons. The minimum absolute atomic E-state index is 0.00972. The Morgan fingerprint density at radius 1 is 1.08 bits per heavy atom. The first-order valence-corrected chi connectivity index (χ1v) is 8.94. The Hall–Kier alpha value is -2.79.